The van der Waals surface area contributed by atoms with E-state index >= 15 is 0 Å². The number of aliphatic hydroxyl groups excluding tert-OH is 1. The first-order valence-electron chi connectivity index (χ1n) is 10.7. The summed E-state index contributed by atoms with van der Waals surface area (Å²) in [6.07, 6.45) is 1.66. The largest absolute Gasteiger partial charge is 0.393 e. The second-order valence-electron chi connectivity index (χ2n) is 7.84. The molecule has 1 fully saturated rings. The molecule has 1 aliphatic rings. The van der Waals surface area contributed by atoms with Crippen molar-refractivity contribution in [1.29, 1.82) is 0 Å². The van der Waals surface area contributed by atoms with Crippen molar-refractivity contribution < 1.29 is 5.11 Å². The molecule has 0 spiro atoms. The first kappa shape index (κ1) is 21.3. The van der Waals surface area contributed by atoms with Gasteiger partial charge in [-0.05, 0) is 36.5 Å². The summed E-state index contributed by atoms with van der Waals surface area (Å²) in [6.45, 7) is 7.36. The van der Waals surface area contributed by atoms with Gasteiger partial charge in [0.05, 0.1) is 12.6 Å². The number of piperidine rings is 1. The lowest BCUT2D eigenvalue weighted by Crippen LogP contribution is -2.38. The Kier molecular flexibility index (Phi) is 8.08. The third-order valence-electron chi connectivity index (χ3n) is 5.36. The first-order chi connectivity index (χ1) is 14.1. The molecular formula is C24H34N4O. The van der Waals surface area contributed by atoms with Crippen LogP contribution in [0.3, 0.4) is 0 Å². The zero-order chi connectivity index (χ0) is 20.5. The van der Waals surface area contributed by atoms with Crippen molar-refractivity contribution in [2.75, 3.05) is 26.7 Å². The van der Waals surface area contributed by atoms with Crippen LogP contribution < -0.4 is 5.32 Å². The van der Waals surface area contributed by atoms with E-state index < -0.39 is 0 Å². The summed E-state index contributed by atoms with van der Waals surface area (Å²) >= 11 is 0. The molecule has 2 aromatic carbocycles. The lowest BCUT2D eigenvalue weighted by atomic mass is 10.1. The Labute approximate surface area is 175 Å². The van der Waals surface area contributed by atoms with Gasteiger partial charge in [0, 0.05) is 39.8 Å². The molecule has 1 aliphatic heterocycles. The highest BCUT2D eigenvalue weighted by Crippen LogP contribution is 2.14. The molecule has 0 bridgehead atoms. The fraction of sp³-hybridized carbons (Fsp3) is 0.458. The Morgan fingerprint density at radius 3 is 2.34 bits per heavy atom. The van der Waals surface area contributed by atoms with Crippen LogP contribution in [-0.2, 0) is 19.6 Å². The van der Waals surface area contributed by atoms with E-state index in [1.165, 1.54) is 16.7 Å². The van der Waals surface area contributed by atoms with E-state index in [2.05, 4.69) is 77.6 Å². The zero-order valence-corrected chi connectivity index (χ0v) is 17.7. The van der Waals surface area contributed by atoms with Crippen LogP contribution >= 0.6 is 0 Å². The number of likely N-dealkylation sites (tertiary alicyclic amines) is 1. The predicted molar refractivity (Wildman–Crippen MR) is 120 cm³/mol. The normalized spacial score (nSPS) is 16.0. The van der Waals surface area contributed by atoms with E-state index in [0.29, 0.717) is 6.54 Å². The van der Waals surface area contributed by atoms with Crippen molar-refractivity contribution >= 4 is 5.96 Å². The molecule has 2 N–H and O–H groups in total. The van der Waals surface area contributed by atoms with Crippen LogP contribution in [0.5, 0.6) is 0 Å². The molecule has 5 heteroatoms. The fourth-order valence-electron chi connectivity index (χ4n) is 3.65. The molecule has 0 atom stereocenters. The van der Waals surface area contributed by atoms with Crippen molar-refractivity contribution in [3.8, 4) is 0 Å². The lowest BCUT2D eigenvalue weighted by Gasteiger charge is -2.29. The second kappa shape index (κ2) is 11.0. The van der Waals surface area contributed by atoms with Gasteiger partial charge in [-0.1, -0.05) is 54.6 Å². The van der Waals surface area contributed by atoms with E-state index in [4.69, 9.17) is 4.99 Å². The van der Waals surface area contributed by atoms with E-state index in [-0.39, 0.29) is 6.10 Å². The summed E-state index contributed by atoms with van der Waals surface area (Å²) in [5, 5.41) is 13.0. The van der Waals surface area contributed by atoms with Crippen molar-refractivity contribution in [2.45, 2.75) is 45.5 Å². The number of aliphatic hydroxyl groups is 1. The fourth-order valence-corrected chi connectivity index (χ4v) is 3.65. The molecule has 0 radical (unpaired) electrons. The Hall–Kier alpha value is -2.37. The average molecular weight is 395 g/mol. The molecule has 3 rings (SSSR count). The monoisotopic (exact) mass is 394 g/mol. The standard InChI is InChI=1S/C24H34N4O/c1-3-25-24(27(2)18-21-7-5-4-6-8-21)26-17-20-9-11-22(12-10-20)19-28-15-13-23(29)14-16-28/h4-12,23,29H,3,13-19H2,1-2H3,(H,25,26). The van der Waals surface area contributed by atoms with Gasteiger partial charge in [-0.25, -0.2) is 4.99 Å². The summed E-state index contributed by atoms with van der Waals surface area (Å²) in [7, 11) is 2.08. The third kappa shape index (κ3) is 6.87. The van der Waals surface area contributed by atoms with Gasteiger partial charge in [-0.2, -0.15) is 0 Å². The van der Waals surface area contributed by atoms with Crippen molar-refractivity contribution in [1.82, 2.24) is 15.1 Å². The molecule has 5 nitrogen and oxygen atoms in total. The van der Waals surface area contributed by atoms with Gasteiger partial charge in [0.15, 0.2) is 5.96 Å². The van der Waals surface area contributed by atoms with Gasteiger partial charge >= 0.3 is 0 Å². The quantitative estimate of drug-likeness (QED) is 0.559. The number of hydrogen-bond acceptors (Lipinski definition) is 3. The Morgan fingerprint density at radius 2 is 1.69 bits per heavy atom. The van der Waals surface area contributed by atoms with Crippen LogP contribution in [-0.4, -0.2) is 53.7 Å². The third-order valence-corrected chi connectivity index (χ3v) is 5.36. The van der Waals surface area contributed by atoms with E-state index in [0.717, 1.165) is 51.5 Å². The molecule has 1 saturated heterocycles. The molecule has 1 heterocycles. The molecular weight excluding hydrogens is 360 g/mol. The molecule has 0 unspecified atom stereocenters. The Balaban J connectivity index is 1.56. The second-order valence-corrected chi connectivity index (χ2v) is 7.84. The number of benzene rings is 2. The van der Waals surface area contributed by atoms with Gasteiger partial charge in [0.1, 0.15) is 0 Å². The first-order valence-corrected chi connectivity index (χ1v) is 10.7. The lowest BCUT2D eigenvalue weighted by molar-refractivity contribution is 0.0792. The number of nitrogens with one attached hydrogen (secondary N) is 1. The van der Waals surface area contributed by atoms with Gasteiger partial charge < -0.3 is 15.3 Å². The van der Waals surface area contributed by atoms with Crippen molar-refractivity contribution in [3.05, 3.63) is 71.3 Å². The Morgan fingerprint density at radius 1 is 1.03 bits per heavy atom. The van der Waals surface area contributed by atoms with Crippen LogP contribution in [0.2, 0.25) is 0 Å². The number of rotatable bonds is 7. The van der Waals surface area contributed by atoms with Crippen LogP contribution in [0.15, 0.2) is 59.6 Å². The minimum atomic E-state index is -0.113. The maximum atomic E-state index is 9.65. The van der Waals surface area contributed by atoms with E-state index in [9.17, 15) is 5.11 Å². The van der Waals surface area contributed by atoms with Gasteiger partial charge in [-0.15, -0.1) is 0 Å². The number of guanidine groups is 1. The number of hydrogen-bond donors (Lipinski definition) is 2. The summed E-state index contributed by atoms with van der Waals surface area (Å²) in [5.41, 5.74) is 3.81. The van der Waals surface area contributed by atoms with Crippen LogP contribution in [0.25, 0.3) is 0 Å². The summed E-state index contributed by atoms with van der Waals surface area (Å²) in [5.74, 6) is 0.923. The zero-order valence-electron chi connectivity index (χ0n) is 17.7. The van der Waals surface area contributed by atoms with E-state index in [1.807, 2.05) is 6.07 Å². The molecule has 0 aliphatic carbocycles. The number of aliphatic imine (C=N–C) groups is 1. The van der Waals surface area contributed by atoms with Gasteiger partial charge in [0.25, 0.3) is 0 Å². The molecule has 2 aromatic rings. The summed E-state index contributed by atoms with van der Waals surface area (Å²) in [4.78, 5) is 9.41. The SMILES string of the molecule is CCNC(=NCc1ccc(CN2CCC(O)CC2)cc1)N(C)Cc1ccccc1. The van der Waals surface area contributed by atoms with Crippen molar-refractivity contribution in [2.24, 2.45) is 4.99 Å². The maximum Gasteiger partial charge on any atom is 0.194 e. The highest BCUT2D eigenvalue weighted by molar-refractivity contribution is 5.79. The maximum absolute atomic E-state index is 9.65. The van der Waals surface area contributed by atoms with Crippen LogP contribution in [0.4, 0.5) is 0 Å². The average Bonchev–Trinajstić information content (AvgIpc) is 2.74. The summed E-state index contributed by atoms with van der Waals surface area (Å²) in [6, 6.07) is 19.2. The molecule has 0 aromatic heterocycles. The van der Waals surface area contributed by atoms with Gasteiger partial charge in [-0.3, -0.25) is 4.90 Å². The van der Waals surface area contributed by atoms with E-state index in [1.54, 1.807) is 0 Å². The minimum absolute atomic E-state index is 0.113. The van der Waals surface area contributed by atoms with Crippen LogP contribution in [0.1, 0.15) is 36.5 Å². The molecule has 0 saturated carbocycles. The van der Waals surface area contributed by atoms with Gasteiger partial charge in [0.2, 0.25) is 0 Å². The Bertz CT molecular complexity index is 752. The smallest absolute Gasteiger partial charge is 0.194 e. The molecule has 156 valence electrons. The highest BCUT2D eigenvalue weighted by Gasteiger charge is 2.16. The molecule has 29 heavy (non-hydrogen) atoms. The number of nitrogens with zero attached hydrogens (tertiary/aromatic N) is 3. The van der Waals surface area contributed by atoms with Crippen molar-refractivity contribution in [3.63, 3.8) is 0 Å². The minimum Gasteiger partial charge on any atom is -0.393 e. The molecule has 0 amide bonds. The highest BCUT2D eigenvalue weighted by atomic mass is 16.3. The topological polar surface area (TPSA) is 51.1 Å². The predicted octanol–water partition coefficient (Wildman–Crippen LogP) is 3.24. The summed E-state index contributed by atoms with van der Waals surface area (Å²) < 4.78 is 0. The van der Waals surface area contributed by atoms with Crippen LogP contribution in [0, 0.1) is 0 Å².